The van der Waals surface area contributed by atoms with E-state index in [2.05, 4.69) is 16.3 Å². The van der Waals surface area contributed by atoms with Gasteiger partial charge in [0, 0.05) is 13.3 Å². The van der Waals surface area contributed by atoms with Gasteiger partial charge in [-0.05, 0) is 32.4 Å². The van der Waals surface area contributed by atoms with Crippen LogP contribution in [0.4, 0.5) is 5.69 Å². The van der Waals surface area contributed by atoms with Crippen molar-refractivity contribution < 1.29 is 19.5 Å². The third-order valence-corrected chi connectivity index (χ3v) is 5.47. The second kappa shape index (κ2) is 6.46. The van der Waals surface area contributed by atoms with E-state index in [1.54, 1.807) is 29.8 Å². The molecule has 0 spiro atoms. The molecule has 1 saturated heterocycles. The molecule has 0 bridgehead atoms. The first kappa shape index (κ1) is 17.4. The first-order valence-corrected chi connectivity index (χ1v) is 10.2. The van der Waals surface area contributed by atoms with Crippen LogP contribution in [-0.4, -0.2) is 69.1 Å². The molecule has 2 aromatic heterocycles. The number of anilines is 1. The molecule has 0 aromatic carbocycles. The van der Waals surface area contributed by atoms with Crippen LogP contribution in [0, 0.1) is 0 Å². The van der Waals surface area contributed by atoms with E-state index in [-0.39, 0.29) is 0 Å². The van der Waals surface area contributed by atoms with E-state index in [0.29, 0.717) is 29.4 Å². The van der Waals surface area contributed by atoms with Gasteiger partial charge in [-0.1, -0.05) is 6.30 Å². The molecule has 8 nitrogen and oxygen atoms in total. The first-order valence-electron chi connectivity index (χ1n) is 7.68. The van der Waals surface area contributed by atoms with Gasteiger partial charge in [-0.15, -0.1) is 0 Å². The van der Waals surface area contributed by atoms with Gasteiger partial charge in [-0.3, -0.25) is 4.57 Å². The topological polar surface area (TPSA) is 116 Å². The number of rotatable bonds is 5. The van der Waals surface area contributed by atoms with Crippen molar-refractivity contribution in [3.8, 4) is 0 Å². The molecule has 0 aliphatic carbocycles. The molecular formula is C15H23N4O4P. The minimum absolute atomic E-state index is 0.452. The summed E-state index contributed by atoms with van der Waals surface area (Å²) < 4.78 is 13.2. The van der Waals surface area contributed by atoms with Crippen LogP contribution in [-0.2, 0) is 9.47 Å². The Hall–Kier alpha value is -1.44. The Morgan fingerprint density at radius 3 is 2.92 bits per heavy atom. The number of nitrogens with two attached hydrogens (primary N) is 1. The van der Waals surface area contributed by atoms with Crippen LogP contribution in [0.3, 0.4) is 0 Å². The van der Waals surface area contributed by atoms with Gasteiger partial charge in [0.15, 0.2) is 11.9 Å². The van der Waals surface area contributed by atoms with Gasteiger partial charge in [-0.25, -0.2) is 9.97 Å². The van der Waals surface area contributed by atoms with Gasteiger partial charge in [0.05, 0.1) is 18.1 Å². The summed E-state index contributed by atoms with van der Waals surface area (Å²) in [7, 11) is -0.652. The highest BCUT2D eigenvalue weighted by atomic mass is 31.2. The predicted octanol–water partition coefficient (Wildman–Crippen LogP) is 0.664. The second-order valence-electron chi connectivity index (χ2n) is 6.33. The molecule has 5 atom stereocenters. The van der Waals surface area contributed by atoms with Crippen LogP contribution in [0.25, 0.3) is 11.2 Å². The highest BCUT2D eigenvalue weighted by Crippen LogP contribution is 2.40. The molecule has 2 aromatic rings. The van der Waals surface area contributed by atoms with Crippen LogP contribution in [0.1, 0.15) is 12.6 Å². The Morgan fingerprint density at radius 1 is 1.50 bits per heavy atom. The van der Waals surface area contributed by atoms with Gasteiger partial charge < -0.3 is 25.2 Å². The lowest BCUT2D eigenvalue weighted by Crippen LogP contribution is -2.33. The summed E-state index contributed by atoms with van der Waals surface area (Å²) in [6.45, 7) is 1.73. The van der Waals surface area contributed by atoms with E-state index >= 15 is 0 Å². The third kappa shape index (κ3) is 3.20. The van der Waals surface area contributed by atoms with Crippen LogP contribution >= 0.6 is 7.11 Å². The molecule has 3 rings (SSSR count). The standard InChI is InChI=1S/C15H23N4O4P/c1-22-13-12(20)10(5-7-24(2,3)21)23-15(13)19-8-18-11-9(16)4-6-17-14(11)19/h4,6,8,10,12-13,15,20-21H,2,5,7H2,1,3H3,(H2,16,17)/t10-,12-,13-,15?,24?/m1/s1. The summed E-state index contributed by atoms with van der Waals surface area (Å²) >= 11 is 0. The normalized spacial score (nSPS) is 29.8. The molecule has 1 fully saturated rings. The molecule has 1 aliphatic rings. The fourth-order valence-corrected chi connectivity index (χ4v) is 3.79. The lowest BCUT2D eigenvalue weighted by molar-refractivity contribution is -0.0496. The van der Waals surface area contributed by atoms with E-state index in [0.717, 1.165) is 0 Å². The summed E-state index contributed by atoms with van der Waals surface area (Å²) in [4.78, 5) is 18.5. The van der Waals surface area contributed by atoms with Crippen LogP contribution in [0.15, 0.2) is 18.6 Å². The smallest absolute Gasteiger partial charge is 0.165 e. The zero-order valence-corrected chi connectivity index (χ0v) is 14.6. The lowest BCUT2D eigenvalue weighted by Gasteiger charge is -2.19. The molecule has 3 heterocycles. The monoisotopic (exact) mass is 354 g/mol. The Labute approximate surface area is 140 Å². The predicted molar refractivity (Wildman–Crippen MR) is 94.3 cm³/mol. The molecule has 24 heavy (non-hydrogen) atoms. The zero-order chi connectivity index (χ0) is 17.5. The van der Waals surface area contributed by atoms with Crippen molar-refractivity contribution in [2.45, 2.75) is 31.0 Å². The van der Waals surface area contributed by atoms with Crippen LogP contribution < -0.4 is 5.73 Å². The largest absolute Gasteiger partial charge is 0.397 e. The summed E-state index contributed by atoms with van der Waals surface area (Å²) in [6.07, 6.45) is 5.58. The second-order valence-corrected chi connectivity index (χ2v) is 9.46. The van der Waals surface area contributed by atoms with Crippen molar-refractivity contribution in [1.29, 1.82) is 0 Å². The maximum atomic E-state index is 10.5. The fraction of sp³-hybridized carbons (Fsp3) is 0.533. The average molecular weight is 354 g/mol. The first-order chi connectivity index (χ1) is 11.3. The van der Waals surface area contributed by atoms with Crippen molar-refractivity contribution in [2.24, 2.45) is 0 Å². The highest BCUT2D eigenvalue weighted by molar-refractivity contribution is 7.67. The number of fused-ring (bicyclic) bond motifs is 1. The van der Waals surface area contributed by atoms with Gasteiger partial charge in [0.2, 0.25) is 0 Å². The zero-order valence-electron chi connectivity index (χ0n) is 13.7. The van der Waals surface area contributed by atoms with Crippen molar-refractivity contribution in [3.63, 3.8) is 0 Å². The number of aliphatic hydroxyl groups is 1. The Bertz CT molecular complexity index is 774. The van der Waals surface area contributed by atoms with E-state index in [1.165, 1.54) is 7.11 Å². The number of nitrogens with zero attached hydrogens (tertiary/aromatic N) is 3. The summed E-state index contributed by atoms with van der Waals surface area (Å²) in [5.74, 6) is 0. The molecule has 9 heteroatoms. The maximum Gasteiger partial charge on any atom is 0.165 e. The van der Waals surface area contributed by atoms with Crippen molar-refractivity contribution in [2.75, 3.05) is 25.7 Å². The molecule has 1 aliphatic heterocycles. The Kier molecular flexibility index (Phi) is 4.68. The van der Waals surface area contributed by atoms with Crippen LogP contribution in [0.5, 0.6) is 0 Å². The maximum absolute atomic E-state index is 10.5. The number of pyridine rings is 1. The van der Waals surface area contributed by atoms with E-state index in [1.807, 2.05) is 0 Å². The SMILES string of the molecule is C=P(C)(O)CC[C@H]1OC(n2cnc3c(N)ccnc32)[C@H](OC)[C@@H]1O. The van der Waals surface area contributed by atoms with Crippen molar-refractivity contribution >= 4 is 30.3 Å². The van der Waals surface area contributed by atoms with Gasteiger partial charge >= 0.3 is 0 Å². The van der Waals surface area contributed by atoms with Crippen molar-refractivity contribution in [3.05, 3.63) is 18.6 Å². The molecule has 0 radical (unpaired) electrons. The van der Waals surface area contributed by atoms with Crippen LogP contribution in [0.2, 0.25) is 0 Å². The van der Waals surface area contributed by atoms with E-state index in [4.69, 9.17) is 15.2 Å². The average Bonchev–Trinajstić information content (AvgIpc) is 3.06. The number of hydrogen-bond donors (Lipinski definition) is 3. The molecular weight excluding hydrogens is 331 g/mol. The van der Waals surface area contributed by atoms with E-state index in [9.17, 15) is 10.00 Å². The number of imidazole rings is 1. The number of ether oxygens (including phenoxy) is 2. The summed E-state index contributed by atoms with van der Waals surface area (Å²) in [5, 5.41) is 10.5. The van der Waals surface area contributed by atoms with Gasteiger partial charge in [-0.2, -0.15) is 0 Å². The van der Waals surface area contributed by atoms with Crippen molar-refractivity contribution in [1.82, 2.24) is 14.5 Å². The van der Waals surface area contributed by atoms with Gasteiger partial charge in [0.25, 0.3) is 0 Å². The summed E-state index contributed by atoms with van der Waals surface area (Å²) in [5.41, 5.74) is 7.60. The quantitative estimate of drug-likeness (QED) is 0.676. The lowest BCUT2D eigenvalue weighted by atomic mass is 10.1. The fourth-order valence-electron chi connectivity index (χ4n) is 2.98. The minimum Gasteiger partial charge on any atom is -0.397 e. The molecule has 0 amide bonds. The molecule has 2 unspecified atom stereocenters. The number of aromatic nitrogens is 3. The highest BCUT2D eigenvalue weighted by Gasteiger charge is 2.45. The summed E-state index contributed by atoms with van der Waals surface area (Å²) in [6, 6.07) is 1.68. The number of aliphatic hydroxyl groups excluding tert-OH is 1. The number of hydrogen-bond acceptors (Lipinski definition) is 7. The van der Waals surface area contributed by atoms with Gasteiger partial charge in [0.1, 0.15) is 17.7 Å². The number of nitrogen functional groups attached to an aromatic ring is 1. The third-order valence-electron chi connectivity index (χ3n) is 4.25. The molecule has 4 N–H and O–H groups in total. The van der Waals surface area contributed by atoms with E-state index < -0.39 is 31.7 Å². The minimum atomic E-state index is -2.18. The number of methoxy groups -OCH3 is 1. The molecule has 132 valence electrons. The molecule has 0 saturated carbocycles. The Balaban J connectivity index is 1.89. The Morgan fingerprint density at radius 2 is 2.25 bits per heavy atom.